The Labute approximate surface area is 199 Å². The molecule has 172 valence electrons. The standard InChI is InChI=1S/C20H15BrCl2F3NO5/c1-30-27-17(19(28)29)13-5-3-2-4-11(13)10-32-12-8-14(22)18(15(23)9-12)31-7-6-16(21)20(24,25)26/h2-6,8-9H,7,10H2,1H3,(H,28,29)/b16-6?,27-17+. The lowest BCUT2D eigenvalue weighted by molar-refractivity contribution is -0.129. The van der Waals surface area contributed by atoms with Crippen LogP contribution in [0.2, 0.25) is 10.0 Å². The van der Waals surface area contributed by atoms with E-state index in [1.54, 1.807) is 24.3 Å². The molecule has 0 saturated heterocycles. The first-order chi connectivity index (χ1) is 15.0. The number of benzene rings is 2. The van der Waals surface area contributed by atoms with E-state index in [2.05, 4.69) is 25.9 Å². The Kier molecular flexibility index (Phi) is 9.23. The van der Waals surface area contributed by atoms with E-state index in [0.29, 0.717) is 11.1 Å². The van der Waals surface area contributed by atoms with Crippen LogP contribution in [0.4, 0.5) is 13.2 Å². The Morgan fingerprint density at radius 3 is 2.38 bits per heavy atom. The van der Waals surface area contributed by atoms with Crippen LogP contribution < -0.4 is 9.47 Å². The Morgan fingerprint density at radius 2 is 1.81 bits per heavy atom. The van der Waals surface area contributed by atoms with Crippen molar-refractivity contribution in [2.45, 2.75) is 12.8 Å². The van der Waals surface area contributed by atoms with Gasteiger partial charge in [-0.3, -0.25) is 0 Å². The van der Waals surface area contributed by atoms with Crippen LogP contribution >= 0.6 is 39.1 Å². The molecule has 0 amide bonds. The highest BCUT2D eigenvalue weighted by atomic mass is 79.9. The van der Waals surface area contributed by atoms with Crippen molar-refractivity contribution in [1.29, 1.82) is 0 Å². The first-order valence-corrected chi connectivity index (χ1v) is 10.2. The second-order valence-corrected chi connectivity index (χ2v) is 7.62. The predicted octanol–water partition coefficient (Wildman–Crippen LogP) is 6.23. The minimum absolute atomic E-state index is 0.0137. The van der Waals surface area contributed by atoms with Gasteiger partial charge in [0.2, 0.25) is 0 Å². The fraction of sp³-hybridized carbons (Fsp3) is 0.200. The second kappa shape index (κ2) is 11.4. The molecule has 2 aromatic rings. The number of aliphatic carboxylic acids is 1. The summed E-state index contributed by atoms with van der Waals surface area (Å²) >= 11 is 14.7. The average Bonchev–Trinajstić information content (AvgIpc) is 2.71. The maximum atomic E-state index is 12.5. The summed E-state index contributed by atoms with van der Waals surface area (Å²) in [5, 5.41) is 12.9. The molecule has 0 aromatic heterocycles. The second-order valence-electron chi connectivity index (χ2n) is 5.95. The Bertz CT molecular complexity index is 1020. The molecule has 0 unspecified atom stereocenters. The number of carbonyl (C=O) groups is 1. The number of carboxylic acids is 1. The zero-order chi connectivity index (χ0) is 23.9. The van der Waals surface area contributed by atoms with Crippen molar-refractivity contribution < 1.29 is 37.4 Å². The molecule has 0 atom stereocenters. The van der Waals surface area contributed by atoms with Gasteiger partial charge in [0.15, 0.2) is 11.5 Å². The van der Waals surface area contributed by atoms with Gasteiger partial charge in [-0.1, -0.05) is 52.6 Å². The highest BCUT2D eigenvalue weighted by Gasteiger charge is 2.31. The molecule has 0 aliphatic rings. The van der Waals surface area contributed by atoms with E-state index in [1.165, 1.54) is 19.2 Å². The highest BCUT2D eigenvalue weighted by Crippen LogP contribution is 2.37. The molecule has 6 nitrogen and oxygen atoms in total. The van der Waals surface area contributed by atoms with E-state index in [9.17, 15) is 23.1 Å². The van der Waals surface area contributed by atoms with Crippen LogP contribution in [0.3, 0.4) is 0 Å². The number of halogens is 6. The largest absolute Gasteiger partial charge is 0.489 e. The molecular formula is C20H15BrCl2F3NO5. The van der Waals surface area contributed by atoms with E-state index in [1.807, 2.05) is 0 Å². The number of carboxylic acid groups (broad SMARTS) is 1. The first-order valence-electron chi connectivity index (χ1n) is 8.64. The van der Waals surface area contributed by atoms with Gasteiger partial charge in [-0.25, -0.2) is 4.79 Å². The molecule has 0 fully saturated rings. The Hall–Kier alpha value is -2.43. The molecule has 2 rings (SSSR count). The van der Waals surface area contributed by atoms with Crippen LogP contribution in [0, 0.1) is 0 Å². The third-order valence-electron chi connectivity index (χ3n) is 3.78. The molecule has 0 aliphatic heterocycles. The van der Waals surface area contributed by atoms with Gasteiger partial charge in [0, 0.05) is 17.7 Å². The molecule has 0 heterocycles. The summed E-state index contributed by atoms with van der Waals surface area (Å²) in [7, 11) is 1.23. The number of allylic oxidation sites excluding steroid dienone is 1. The Morgan fingerprint density at radius 1 is 1.19 bits per heavy atom. The van der Waals surface area contributed by atoms with Gasteiger partial charge >= 0.3 is 12.1 Å². The monoisotopic (exact) mass is 555 g/mol. The van der Waals surface area contributed by atoms with Crippen molar-refractivity contribution in [3.63, 3.8) is 0 Å². The van der Waals surface area contributed by atoms with Gasteiger partial charge in [0.05, 0.1) is 14.5 Å². The van der Waals surface area contributed by atoms with Crippen molar-refractivity contribution in [2.24, 2.45) is 5.16 Å². The lowest BCUT2D eigenvalue weighted by Crippen LogP contribution is -2.17. The summed E-state index contributed by atoms with van der Waals surface area (Å²) in [6.45, 7) is -0.482. The van der Waals surface area contributed by atoms with Gasteiger partial charge in [0.1, 0.15) is 26.1 Å². The number of hydrogen-bond acceptors (Lipinski definition) is 5. The van der Waals surface area contributed by atoms with Crippen LogP contribution in [0.15, 0.2) is 52.1 Å². The van der Waals surface area contributed by atoms with Crippen molar-refractivity contribution in [1.82, 2.24) is 0 Å². The van der Waals surface area contributed by atoms with Crippen molar-refractivity contribution in [3.05, 3.63) is 68.1 Å². The lowest BCUT2D eigenvalue weighted by atomic mass is 10.0. The number of hydrogen-bond donors (Lipinski definition) is 1. The van der Waals surface area contributed by atoms with Crippen LogP contribution in [0.1, 0.15) is 11.1 Å². The number of alkyl halides is 3. The van der Waals surface area contributed by atoms with Gasteiger partial charge in [-0.05, 0) is 27.6 Å². The molecule has 2 aromatic carbocycles. The van der Waals surface area contributed by atoms with Gasteiger partial charge in [-0.2, -0.15) is 13.2 Å². The molecule has 1 N–H and O–H groups in total. The number of oxime groups is 1. The minimum atomic E-state index is -4.53. The molecular weight excluding hydrogens is 542 g/mol. The van der Waals surface area contributed by atoms with E-state index in [-0.39, 0.29) is 33.9 Å². The topological polar surface area (TPSA) is 77.4 Å². The predicted molar refractivity (Wildman–Crippen MR) is 117 cm³/mol. The normalized spacial score (nSPS) is 12.5. The smallest absolute Gasteiger partial charge is 0.422 e. The molecule has 12 heteroatoms. The molecule has 0 spiro atoms. The van der Waals surface area contributed by atoms with Crippen LogP contribution in [0.25, 0.3) is 0 Å². The molecule has 32 heavy (non-hydrogen) atoms. The van der Waals surface area contributed by atoms with Crippen LogP contribution in [-0.4, -0.2) is 36.7 Å². The first kappa shape index (κ1) is 25.8. The van der Waals surface area contributed by atoms with Gasteiger partial charge in [0.25, 0.3) is 0 Å². The Balaban J connectivity index is 2.16. The highest BCUT2D eigenvalue weighted by molar-refractivity contribution is 9.11. The average molecular weight is 557 g/mol. The fourth-order valence-corrected chi connectivity index (χ4v) is 3.11. The zero-order valence-electron chi connectivity index (χ0n) is 16.3. The summed E-state index contributed by atoms with van der Waals surface area (Å²) in [6, 6.07) is 9.27. The SMILES string of the molecule is CO/N=C(/C(=O)O)c1ccccc1COc1cc(Cl)c(OCC=C(Br)C(F)(F)F)c(Cl)c1. The fourth-order valence-electron chi connectivity index (χ4n) is 2.40. The maximum Gasteiger partial charge on any atom is 0.422 e. The van der Waals surface area contributed by atoms with E-state index in [4.69, 9.17) is 32.7 Å². The van der Waals surface area contributed by atoms with Crippen LogP contribution in [-0.2, 0) is 16.2 Å². The number of nitrogens with zero attached hydrogens (tertiary/aromatic N) is 1. The van der Waals surface area contributed by atoms with Crippen LogP contribution in [0.5, 0.6) is 11.5 Å². The third kappa shape index (κ3) is 7.04. The van der Waals surface area contributed by atoms with E-state index < -0.39 is 23.2 Å². The molecule has 0 bridgehead atoms. The summed E-state index contributed by atoms with van der Waals surface area (Å²) in [4.78, 5) is 16.1. The lowest BCUT2D eigenvalue weighted by Gasteiger charge is -2.14. The molecule has 0 saturated carbocycles. The maximum absolute atomic E-state index is 12.5. The van der Waals surface area contributed by atoms with Gasteiger partial charge < -0.3 is 19.4 Å². The van der Waals surface area contributed by atoms with E-state index >= 15 is 0 Å². The van der Waals surface area contributed by atoms with Gasteiger partial charge in [-0.15, -0.1) is 0 Å². The summed E-state index contributed by atoms with van der Waals surface area (Å²) in [5.74, 6) is -1.06. The third-order valence-corrected chi connectivity index (χ3v) is 5.12. The van der Waals surface area contributed by atoms with Crippen molar-refractivity contribution >= 4 is 50.8 Å². The van der Waals surface area contributed by atoms with Crippen molar-refractivity contribution in [2.75, 3.05) is 13.7 Å². The van der Waals surface area contributed by atoms with Crippen molar-refractivity contribution in [3.8, 4) is 11.5 Å². The summed E-state index contributed by atoms with van der Waals surface area (Å²) in [5.41, 5.74) is 0.492. The van der Waals surface area contributed by atoms with E-state index in [0.717, 1.165) is 6.08 Å². The zero-order valence-corrected chi connectivity index (χ0v) is 19.3. The minimum Gasteiger partial charge on any atom is -0.489 e. The number of ether oxygens (including phenoxy) is 2. The molecule has 0 radical (unpaired) electrons. The number of rotatable bonds is 9. The summed E-state index contributed by atoms with van der Waals surface area (Å²) in [6.07, 6.45) is -3.74. The quantitative estimate of drug-likeness (QED) is 0.293. The molecule has 0 aliphatic carbocycles. The summed E-state index contributed by atoms with van der Waals surface area (Å²) < 4.78 is 47.4.